The molecule has 0 spiro atoms. The van der Waals surface area contributed by atoms with Gasteiger partial charge in [-0.05, 0) is 40.5 Å². The van der Waals surface area contributed by atoms with Crippen LogP contribution in [-0.4, -0.2) is 46.4 Å². The van der Waals surface area contributed by atoms with Crippen molar-refractivity contribution in [2.24, 2.45) is 5.73 Å². The fraction of sp³-hybridized carbons (Fsp3) is 0.917. The highest BCUT2D eigenvalue weighted by molar-refractivity contribution is 5.68. The third-order valence-electron chi connectivity index (χ3n) is 3.13. The number of likely N-dealkylation sites (tertiary alicyclic amines) is 1. The molecule has 0 aromatic carbocycles. The van der Waals surface area contributed by atoms with E-state index < -0.39 is 11.2 Å². The molecule has 1 amide bonds. The van der Waals surface area contributed by atoms with Gasteiger partial charge in [0.05, 0.1) is 5.60 Å². The molecular weight excluding hydrogens is 220 g/mol. The Morgan fingerprint density at radius 1 is 1.41 bits per heavy atom. The van der Waals surface area contributed by atoms with Gasteiger partial charge in [-0.25, -0.2) is 4.79 Å². The Hall–Kier alpha value is -0.810. The number of carbonyl (C=O) groups excluding carboxylic acids is 1. The summed E-state index contributed by atoms with van der Waals surface area (Å²) in [5, 5.41) is 10.2. The van der Waals surface area contributed by atoms with Crippen LogP contribution in [0.15, 0.2) is 0 Å². The SMILES string of the molecule is C[C@H](N)C1(O)CCN(C(=O)OC(C)(C)C)CC1. The molecule has 0 unspecified atom stereocenters. The van der Waals surface area contributed by atoms with Crippen LogP contribution in [0.3, 0.4) is 0 Å². The summed E-state index contributed by atoms with van der Waals surface area (Å²) in [5.74, 6) is 0. The van der Waals surface area contributed by atoms with Gasteiger partial charge < -0.3 is 20.5 Å². The number of aliphatic hydroxyl groups is 1. The summed E-state index contributed by atoms with van der Waals surface area (Å²) in [4.78, 5) is 13.4. The molecule has 0 aliphatic carbocycles. The Morgan fingerprint density at radius 2 is 1.88 bits per heavy atom. The summed E-state index contributed by atoms with van der Waals surface area (Å²) in [6.07, 6.45) is 0.692. The second-order valence-electron chi connectivity index (χ2n) is 5.86. The van der Waals surface area contributed by atoms with E-state index >= 15 is 0 Å². The highest BCUT2D eigenvalue weighted by Gasteiger charge is 2.37. The first-order chi connectivity index (χ1) is 7.64. The zero-order valence-corrected chi connectivity index (χ0v) is 11.2. The zero-order valence-electron chi connectivity index (χ0n) is 11.2. The molecule has 1 saturated heterocycles. The number of nitrogens with two attached hydrogens (primary N) is 1. The summed E-state index contributed by atoms with van der Waals surface area (Å²) in [7, 11) is 0. The van der Waals surface area contributed by atoms with E-state index in [0.29, 0.717) is 25.9 Å². The van der Waals surface area contributed by atoms with Gasteiger partial charge in [0.1, 0.15) is 5.60 Å². The Morgan fingerprint density at radius 3 is 2.24 bits per heavy atom. The highest BCUT2D eigenvalue weighted by atomic mass is 16.6. The second-order valence-corrected chi connectivity index (χ2v) is 5.86. The molecule has 100 valence electrons. The van der Waals surface area contributed by atoms with Gasteiger partial charge >= 0.3 is 6.09 Å². The quantitative estimate of drug-likeness (QED) is 0.724. The zero-order chi connectivity index (χ0) is 13.3. The Balaban J connectivity index is 2.50. The normalized spacial score (nSPS) is 22.1. The molecule has 1 aliphatic heterocycles. The Bertz CT molecular complexity index is 276. The minimum atomic E-state index is -0.849. The average molecular weight is 244 g/mol. The monoisotopic (exact) mass is 244 g/mol. The van der Waals surface area contributed by atoms with Crippen LogP contribution in [0.4, 0.5) is 4.79 Å². The summed E-state index contributed by atoms with van der Waals surface area (Å²) in [6, 6.07) is -0.275. The molecule has 1 atom stereocenters. The van der Waals surface area contributed by atoms with Crippen molar-refractivity contribution in [3.05, 3.63) is 0 Å². The van der Waals surface area contributed by atoms with Crippen molar-refractivity contribution in [2.75, 3.05) is 13.1 Å². The van der Waals surface area contributed by atoms with Gasteiger partial charge in [0, 0.05) is 19.1 Å². The number of hydrogen-bond acceptors (Lipinski definition) is 4. The molecular formula is C12H24N2O3. The van der Waals surface area contributed by atoms with E-state index in [0.717, 1.165) is 0 Å². The molecule has 0 aromatic rings. The summed E-state index contributed by atoms with van der Waals surface area (Å²) in [6.45, 7) is 8.30. The molecule has 0 radical (unpaired) electrons. The predicted octanol–water partition coefficient (Wildman–Crippen LogP) is 1.10. The maximum absolute atomic E-state index is 11.8. The van der Waals surface area contributed by atoms with Gasteiger partial charge in [0.25, 0.3) is 0 Å². The van der Waals surface area contributed by atoms with E-state index in [4.69, 9.17) is 10.5 Å². The minimum Gasteiger partial charge on any atom is -0.444 e. The van der Waals surface area contributed by atoms with Crippen molar-refractivity contribution in [3.8, 4) is 0 Å². The van der Waals surface area contributed by atoms with Crippen molar-refractivity contribution in [1.29, 1.82) is 0 Å². The van der Waals surface area contributed by atoms with Crippen molar-refractivity contribution in [3.63, 3.8) is 0 Å². The van der Waals surface area contributed by atoms with Crippen molar-refractivity contribution >= 4 is 6.09 Å². The van der Waals surface area contributed by atoms with Crippen LogP contribution in [0.2, 0.25) is 0 Å². The molecule has 1 heterocycles. The third-order valence-corrected chi connectivity index (χ3v) is 3.13. The van der Waals surface area contributed by atoms with Crippen LogP contribution in [0.5, 0.6) is 0 Å². The maximum atomic E-state index is 11.8. The average Bonchev–Trinajstić information content (AvgIpc) is 2.15. The van der Waals surface area contributed by atoms with Crippen LogP contribution >= 0.6 is 0 Å². The van der Waals surface area contributed by atoms with Gasteiger partial charge in [-0.1, -0.05) is 0 Å². The molecule has 0 aromatic heterocycles. The van der Waals surface area contributed by atoms with Gasteiger partial charge in [0.15, 0.2) is 0 Å². The van der Waals surface area contributed by atoms with Crippen molar-refractivity contribution in [2.45, 2.75) is 57.8 Å². The first-order valence-corrected chi connectivity index (χ1v) is 6.10. The molecule has 1 aliphatic rings. The smallest absolute Gasteiger partial charge is 0.410 e. The molecule has 3 N–H and O–H groups in total. The first-order valence-electron chi connectivity index (χ1n) is 6.10. The van der Waals surface area contributed by atoms with E-state index in [1.54, 1.807) is 11.8 Å². The van der Waals surface area contributed by atoms with Gasteiger partial charge in [-0.2, -0.15) is 0 Å². The summed E-state index contributed by atoms with van der Waals surface area (Å²) in [5.41, 5.74) is 4.41. The van der Waals surface area contributed by atoms with Crippen LogP contribution < -0.4 is 5.73 Å². The lowest BCUT2D eigenvalue weighted by molar-refractivity contribution is -0.0435. The van der Waals surface area contributed by atoms with Crippen molar-refractivity contribution in [1.82, 2.24) is 4.90 Å². The number of nitrogens with zero attached hydrogens (tertiary/aromatic N) is 1. The first kappa shape index (κ1) is 14.3. The van der Waals surface area contributed by atoms with Crippen LogP contribution in [0.25, 0.3) is 0 Å². The Kier molecular flexibility index (Phi) is 4.04. The number of ether oxygens (including phenoxy) is 1. The second kappa shape index (κ2) is 4.82. The lowest BCUT2D eigenvalue weighted by atomic mass is 9.86. The molecule has 0 saturated carbocycles. The molecule has 17 heavy (non-hydrogen) atoms. The van der Waals surface area contributed by atoms with Gasteiger partial charge in [-0.3, -0.25) is 0 Å². The number of rotatable bonds is 1. The third kappa shape index (κ3) is 3.85. The fourth-order valence-corrected chi connectivity index (χ4v) is 1.86. The number of amides is 1. The summed E-state index contributed by atoms with van der Waals surface area (Å²) >= 11 is 0. The van der Waals surface area contributed by atoms with E-state index in [-0.39, 0.29) is 12.1 Å². The Labute approximate surface area is 103 Å². The largest absolute Gasteiger partial charge is 0.444 e. The van der Waals surface area contributed by atoms with E-state index in [1.807, 2.05) is 20.8 Å². The topological polar surface area (TPSA) is 75.8 Å². The van der Waals surface area contributed by atoms with Gasteiger partial charge in [0.2, 0.25) is 0 Å². The van der Waals surface area contributed by atoms with E-state index in [1.165, 1.54) is 0 Å². The molecule has 5 nitrogen and oxygen atoms in total. The van der Waals surface area contributed by atoms with Crippen molar-refractivity contribution < 1.29 is 14.6 Å². The number of carbonyl (C=O) groups is 1. The molecule has 0 bridgehead atoms. The standard InChI is InChI=1S/C12H24N2O3/c1-9(13)12(16)5-7-14(8-6-12)10(15)17-11(2,3)4/h9,16H,5-8,13H2,1-4H3/t9-/m0/s1. The number of piperidine rings is 1. The maximum Gasteiger partial charge on any atom is 0.410 e. The fourth-order valence-electron chi connectivity index (χ4n) is 1.86. The molecule has 5 heteroatoms. The molecule has 1 fully saturated rings. The molecule has 1 rings (SSSR count). The van der Waals surface area contributed by atoms with Crippen LogP contribution in [0, 0.1) is 0 Å². The minimum absolute atomic E-state index is 0.275. The highest BCUT2D eigenvalue weighted by Crippen LogP contribution is 2.25. The lowest BCUT2D eigenvalue weighted by Gasteiger charge is -2.40. The predicted molar refractivity (Wildman–Crippen MR) is 65.6 cm³/mol. The number of hydrogen-bond donors (Lipinski definition) is 2. The van der Waals surface area contributed by atoms with Crippen LogP contribution in [0.1, 0.15) is 40.5 Å². The lowest BCUT2D eigenvalue weighted by Crippen LogP contribution is -2.55. The van der Waals surface area contributed by atoms with Crippen LogP contribution in [-0.2, 0) is 4.74 Å². The van der Waals surface area contributed by atoms with E-state index in [9.17, 15) is 9.90 Å². The summed E-state index contributed by atoms with van der Waals surface area (Å²) < 4.78 is 5.28. The van der Waals surface area contributed by atoms with Gasteiger partial charge in [-0.15, -0.1) is 0 Å². The van der Waals surface area contributed by atoms with E-state index in [2.05, 4.69) is 0 Å².